The summed E-state index contributed by atoms with van der Waals surface area (Å²) in [6.45, 7) is 0.219. The molecular weight excluding hydrogens is 260 g/mol. The number of benzene rings is 1. The van der Waals surface area contributed by atoms with Crippen LogP contribution in [0.25, 0.3) is 6.08 Å². The summed E-state index contributed by atoms with van der Waals surface area (Å²) in [5.74, 6) is -1.19. The number of hydrogen-bond donors (Lipinski definition) is 2. The van der Waals surface area contributed by atoms with E-state index in [1.807, 2.05) is 0 Å². The number of nitrogens with two attached hydrogens (primary N) is 1. The molecular formula is C14H16N2O4. The van der Waals surface area contributed by atoms with E-state index in [1.165, 1.54) is 13.2 Å². The lowest BCUT2D eigenvalue weighted by atomic mass is 10.1. The lowest BCUT2D eigenvalue weighted by molar-refractivity contribution is -0.140. The van der Waals surface area contributed by atoms with E-state index in [2.05, 4.69) is 10.1 Å². The minimum absolute atomic E-state index is 0.128. The molecule has 6 nitrogen and oxygen atoms in total. The van der Waals surface area contributed by atoms with Crippen LogP contribution in [-0.4, -0.2) is 31.4 Å². The van der Waals surface area contributed by atoms with Gasteiger partial charge in [0.2, 0.25) is 11.8 Å². The fourth-order valence-electron chi connectivity index (χ4n) is 1.38. The maximum Gasteiger partial charge on any atom is 0.307 e. The van der Waals surface area contributed by atoms with Crippen molar-refractivity contribution in [3.8, 4) is 0 Å². The van der Waals surface area contributed by atoms with Gasteiger partial charge in [0.15, 0.2) is 0 Å². The Kier molecular flexibility index (Phi) is 5.96. The number of esters is 1. The number of ether oxygens (including phenoxy) is 1. The van der Waals surface area contributed by atoms with Crippen LogP contribution in [0, 0.1) is 0 Å². The van der Waals surface area contributed by atoms with E-state index in [-0.39, 0.29) is 24.8 Å². The van der Waals surface area contributed by atoms with E-state index in [0.717, 1.165) is 5.56 Å². The maximum atomic E-state index is 11.4. The van der Waals surface area contributed by atoms with Crippen molar-refractivity contribution in [3.63, 3.8) is 0 Å². The monoisotopic (exact) mass is 276 g/mol. The van der Waals surface area contributed by atoms with Gasteiger partial charge in [0.25, 0.3) is 0 Å². The molecule has 0 atom stereocenters. The summed E-state index contributed by atoms with van der Waals surface area (Å²) in [4.78, 5) is 33.1. The highest BCUT2D eigenvalue weighted by Gasteiger charge is 2.01. The van der Waals surface area contributed by atoms with Gasteiger partial charge in [-0.15, -0.1) is 0 Å². The van der Waals surface area contributed by atoms with Crippen LogP contribution in [-0.2, 0) is 14.3 Å². The third-order valence-electron chi connectivity index (χ3n) is 2.48. The highest BCUT2D eigenvalue weighted by Crippen LogP contribution is 2.05. The fraction of sp³-hybridized carbons (Fsp3) is 0.214. The first-order chi connectivity index (χ1) is 9.52. The molecule has 0 saturated heterocycles. The second-order valence-corrected chi connectivity index (χ2v) is 3.94. The third-order valence-corrected chi connectivity index (χ3v) is 2.48. The average Bonchev–Trinajstić information content (AvgIpc) is 2.45. The van der Waals surface area contributed by atoms with Crippen molar-refractivity contribution < 1.29 is 19.1 Å². The summed E-state index contributed by atoms with van der Waals surface area (Å²) in [5.41, 5.74) is 6.29. The summed E-state index contributed by atoms with van der Waals surface area (Å²) in [6.07, 6.45) is 3.07. The van der Waals surface area contributed by atoms with Gasteiger partial charge in [-0.2, -0.15) is 0 Å². The third kappa shape index (κ3) is 5.34. The number of nitrogens with one attached hydrogen (secondary N) is 1. The van der Waals surface area contributed by atoms with E-state index in [9.17, 15) is 14.4 Å². The molecule has 3 N–H and O–H groups in total. The Bertz CT molecular complexity index is 520. The van der Waals surface area contributed by atoms with Gasteiger partial charge in [-0.1, -0.05) is 12.1 Å². The van der Waals surface area contributed by atoms with Crippen LogP contribution in [0.5, 0.6) is 0 Å². The van der Waals surface area contributed by atoms with Crippen molar-refractivity contribution in [3.05, 3.63) is 41.5 Å². The van der Waals surface area contributed by atoms with E-state index < -0.39 is 5.91 Å². The van der Waals surface area contributed by atoms with E-state index in [1.54, 1.807) is 30.3 Å². The number of amides is 2. The van der Waals surface area contributed by atoms with Gasteiger partial charge in [0.05, 0.1) is 13.5 Å². The molecule has 0 aliphatic carbocycles. The van der Waals surface area contributed by atoms with E-state index in [0.29, 0.717) is 5.56 Å². The molecule has 20 heavy (non-hydrogen) atoms. The van der Waals surface area contributed by atoms with Crippen molar-refractivity contribution in [2.45, 2.75) is 6.42 Å². The molecule has 0 fully saturated rings. The van der Waals surface area contributed by atoms with Crippen molar-refractivity contribution in [1.82, 2.24) is 5.32 Å². The SMILES string of the molecule is COC(=O)CCNC(=O)/C=C/c1ccc(C(N)=O)cc1. The number of methoxy groups -OCH3 is 1. The van der Waals surface area contributed by atoms with Gasteiger partial charge in [0.1, 0.15) is 0 Å². The summed E-state index contributed by atoms with van der Waals surface area (Å²) in [5, 5.41) is 2.55. The molecule has 0 saturated carbocycles. The molecule has 0 aliphatic rings. The molecule has 1 rings (SSSR count). The van der Waals surface area contributed by atoms with Crippen molar-refractivity contribution in [1.29, 1.82) is 0 Å². The highest BCUT2D eigenvalue weighted by atomic mass is 16.5. The number of primary amides is 1. The van der Waals surface area contributed by atoms with E-state index in [4.69, 9.17) is 5.73 Å². The first-order valence-electron chi connectivity index (χ1n) is 5.95. The Labute approximate surface area is 116 Å². The molecule has 0 aromatic heterocycles. The molecule has 106 valence electrons. The minimum atomic E-state index is -0.499. The zero-order valence-corrected chi connectivity index (χ0v) is 11.1. The Balaban J connectivity index is 2.44. The number of rotatable bonds is 6. The van der Waals surface area contributed by atoms with Gasteiger partial charge < -0.3 is 15.8 Å². The standard InChI is InChI=1S/C14H16N2O4/c1-20-13(18)8-9-16-12(17)7-4-10-2-5-11(6-3-10)14(15)19/h2-7H,8-9H2,1H3,(H2,15,19)(H,16,17)/b7-4+. The maximum absolute atomic E-state index is 11.4. The quantitative estimate of drug-likeness (QED) is 0.583. The predicted octanol–water partition coefficient (Wildman–Crippen LogP) is 0.478. The average molecular weight is 276 g/mol. The zero-order chi connectivity index (χ0) is 15.0. The Hall–Kier alpha value is -2.63. The fourth-order valence-corrected chi connectivity index (χ4v) is 1.38. The smallest absolute Gasteiger partial charge is 0.307 e. The van der Waals surface area contributed by atoms with Crippen molar-refractivity contribution in [2.75, 3.05) is 13.7 Å². The number of hydrogen-bond acceptors (Lipinski definition) is 4. The van der Waals surface area contributed by atoms with Crippen LogP contribution in [0.4, 0.5) is 0 Å². The van der Waals surface area contributed by atoms with E-state index >= 15 is 0 Å². The summed E-state index contributed by atoms with van der Waals surface area (Å²) < 4.78 is 4.45. The van der Waals surface area contributed by atoms with Gasteiger partial charge in [0, 0.05) is 18.2 Å². The first-order valence-corrected chi connectivity index (χ1v) is 5.95. The Morgan fingerprint density at radius 1 is 1.25 bits per heavy atom. The lowest BCUT2D eigenvalue weighted by Crippen LogP contribution is -2.24. The van der Waals surface area contributed by atoms with Crippen LogP contribution in [0.2, 0.25) is 0 Å². The first kappa shape index (κ1) is 15.4. The summed E-state index contributed by atoms with van der Waals surface area (Å²) in [6, 6.07) is 6.52. The number of carbonyl (C=O) groups excluding carboxylic acids is 3. The summed E-state index contributed by atoms with van der Waals surface area (Å²) in [7, 11) is 1.29. The minimum Gasteiger partial charge on any atom is -0.469 e. The highest BCUT2D eigenvalue weighted by molar-refractivity contribution is 5.94. The van der Waals surface area contributed by atoms with Crippen molar-refractivity contribution in [2.24, 2.45) is 5.73 Å². The van der Waals surface area contributed by atoms with Gasteiger partial charge in [-0.3, -0.25) is 14.4 Å². The molecule has 0 heterocycles. The second-order valence-electron chi connectivity index (χ2n) is 3.94. The molecule has 0 bridgehead atoms. The van der Waals surface area contributed by atoms with Crippen LogP contribution in [0.1, 0.15) is 22.3 Å². The summed E-state index contributed by atoms with van der Waals surface area (Å²) >= 11 is 0. The van der Waals surface area contributed by atoms with Crippen molar-refractivity contribution >= 4 is 23.9 Å². The molecule has 0 unspecified atom stereocenters. The predicted molar refractivity (Wildman–Crippen MR) is 73.6 cm³/mol. The van der Waals surface area contributed by atoms with Gasteiger partial charge >= 0.3 is 5.97 Å². The van der Waals surface area contributed by atoms with Crippen LogP contribution >= 0.6 is 0 Å². The van der Waals surface area contributed by atoms with Crippen LogP contribution in [0.15, 0.2) is 30.3 Å². The Morgan fingerprint density at radius 3 is 2.45 bits per heavy atom. The van der Waals surface area contributed by atoms with Crippen LogP contribution < -0.4 is 11.1 Å². The topological polar surface area (TPSA) is 98.5 Å². The molecule has 2 amide bonds. The molecule has 0 aliphatic heterocycles. The molecule has 6 heteroatoms. The van der Waals surface area contributed by atoms with Crippen LogP contribution in [0.3, 0.4) is 0 Å². The molecule has 1 aromatic rings. The Morgan fingerprint density at radius 2 is 1.90 bits per heavy atom. The largest absolute Gasteiger partial charge is 0.469 e. The molecule has 1 aromatic carbocycles. The lowest BCUT2D eigenvalue weighted by Gasteiger charge is -2.01. The zero-order valence-electron chi connectivity index (χ0n) is 11.1. The normalized spacial score (nSPS) is 10.2. The second kappa shape index (κ2) is 7.73. The molecule has 0 spiro atoms. The van der Waals surface area contributed by atoms with Gasteiger partial charge in [-0.25, -0.2) is 0 Å². The molecule has 0 radical (unpaired) electrons. The number of carbonyl (C=O) groups is 3. The van der Waals surface area contributed by atoms with Gasteiger partial charge in [-0.05, 0) is 23.8 Å².